The number of carbonyl (C=O) groups is 1. The fraction of sp³-hybridized carbons (Fsp3) is 0.154. The summed E-state index contributed by atoms with van der Waals surface area (Å²) in [5.41, 5.74) is -0.272. The Morgan fingerprint density at radius 1 is 1.08 bits per heavy atom. The molecule has 1 aromatic heterocycles. The third kappa shape index (κ3) is 5.50. The second-order valence-corrected chi connectivity index (χ2v) is 9.08. The molecule has 0 fully saturated rings. The molecule has 2 N–H and O–H groups in total. The average molecular weight is 558 g/mol. The maximum Gasteiger partial charge on any atom is 0.410 e. The third-order valence-electron chi connectivity index (χ3n) is 6.05. The van der Waals surface area contributed by atoms with E-state index < -0.39 is 34.8 Å². The van der Waals surface area contributed by atoms with Crippen LogP contribution in [0.4, 0.5) is 30.4 Å². The van der Waals surface area contributed by atoms with Crippen LogP contribution in [0.1, 0.15) is 34.6 Å². The molecule has 2 atom stereocenters. The Kier molecular flexibility index (Phi) is 6.87. The molecule has 0 spiro atoms. The lowest BCUT2D eigenvalue weighted by molar-refractivity contribution is -0.384. The van der Waals surface area contributed by atoms with Crippen molar-refractivity contribution in [2.45, 2.75) is 24.7 Å². The third-order valence-corrected chi connectivity index (χ3v) is 6.41. The molecule has 0 saturated heterocycles. The molecule has 2 heterocycles. The minimum absolute atomic E-state index is 0.0373. The van der Waals surface area contributed by atoms with Crippen molar-refractivity contribution < 1.29 is 27.6 Å². The van der Waals surface area contributed by atoms with Gasteiger partial charge in [-0.05, 0) is 17.7 Å². The molecule has 1 aliphatic heterocycles. The van der Waals surface area contributed by atoms with Gasteiger partial charge < -0.3 is 15.4 Å². The normalized spacial score (nSPS) is 16.6. The van der Waals surface area contributed by atoms with E-state index in [4.69, 9.17) is 16.3 Å². The zero-order valence-corrected chi connectivity index (χ0v) is 20.6. The van der Waals surface area contributed by atoms with Crippen molar-refractivity contribution in [3.8, 4) is 11.5 Å². The van der Waals surface area contributed by atoms with Crippen LogP contribution in [0.25, 0.3) is 0 Å². The first-order chi connectivity index (χ1) is 18.6. The molecule has 4 aromatic rings. The van der Waals surface area contributed by atoms with Crippen LogP contribution in [0.3, 0.4) is 0 Å². The lowest BCUT2D eigenvalue weighted by atomic mass is 9.97. The highest BCUT2D eigenvalue weighted by Crippen LogP contribution is 2.46. The summed E-state index contributed by atoms with van der Waals surface area (Å²) in [6.07, 6.45) is -5.04. The molecule has 3 aromatic carbocycles. The number of ether oxygens (including phenoxy) is 1. The van der Waals surface area contributed by atoms with Crippen LogP contribution in [0.2, 0.25) is 5.02 Å². The predicted molar refractivity (Wildman–Crippen MR) is 137 cm³/mol. The summed E-state index contributed by atoms with van der Waals surface area (Å²) < 4.78 is 48.4. The highest BCUT2D eigenvalue weighted by Gasteiger charge is 2.47. The van der Waals surface area contributed by atoms with Crippen molar-refractivity contribution in [3.05, 3.63) is 105 Å². The fourth-order valence-electron chi connectivity index (χ4n) is 4.27. The average Bonchev–Trinajstić information content (AvgIpc) is 3.25. The largest absolute Gasteiger partial charge is 0.457 e. The number of alkyl halides is 3. The van der Waals surface area contributed by atoms with Crippen molar-refractivity contribution in [3.63, 3.8) is 0 Å². The Morgan fingerprint density at radius 2 is 1.74 bits per heavy atom. The number of nitrogens with zero attached hydrogens (tertiary/aromatic N) is 3. The number of benzene rings is 3. The number of aromatic nitrogens is 2. The number of nitro benzene ring substituents is 1. The van der Waals surface area contributed by atoms with Gasteiger partial charge in [0.2, 0.25) is 0 Å². The van der Waals surface area contributed by atoms with Crippen molar-refractivity contribution in [2.75, 3.05) is 10.6 Å². The van der Waals surface area contributed by atoms with Gasteiger partial charge in [0.05, 0.1) is 22.7 Å². The number of rotatable bonds is 6. The van der Waals surface area contributed by atoms with Crippen molar-refractivity contribution >= 4 is 34.7 Å². The first-order valence-corrected chi connectivity index (χ1v) is 12.0. The Labute approximate surface area is 224 Å². The molecular weight excluding hydrogens is 539 g/mol. The summed E-state index contributed by atoms with van der Waals surface area (Å²) in [6.45, 7) is 0. The van der Waals surface area contributed by atoms with E-state index in [1.54, 1.807) is 60.7 Å². The monoisotopic (exact) mass is 557 g/mol. The van der Waals surface area contributed by atoms with Crippen molar-refractivity contribution in [1.29, 1.82) is 0 Å². The van der Waals surface area contributed by atoms with Crippen LogP contribution in [0.5, 0.6) is 11.5 Å². The van der Waals surface area contributed by atoms with Gasteiger partial charge in [0.15, 0.2) is 11.7 Å². The SMILES string of the molecule is O=C(Nc1cc(Oc2ccccc2)cc([N+](=O)[O-])c1)c1nn2c(c1Cl)N[C@@H](c1ccccc1)C[C@H]2C(F)(F)F. The van der Waals surface area contributed by atoms with E-state index in [9.17, 15) is 28.1 Å². The molecule has 13 heteroatoms. The number of nitrogens with one attached hydrogen (secondary N) is 2. The highest BCUT2D eigenvalue weighted by atomic mass is 35.5. The quantitative estimate of drug-likeness (QED) is 0.192. The van der Waals surface area contributed by atoms with Gasteiger partial charge in [0.25, 0.3) is 11.6 Å². The highest BCUT2D eigenvalue weighted by molar-refractivity contribution is 6.36. The zero-order chi connectivity index (χ0) is 27.7. The molecule has 0 aliphatic carbocycles. The predicted octanol–water partition coefficient (Wildman–Crippen LogP) is 7.15. The number of nitro groups is 1. The number of hydrogen-bond acceptors (Lipinski definition) is 6. The molecule has 0 bridgehead atoms. The van der Waals surface area contributed by atoms with Gasteiger partial charge in [-0.3, -0.25) is 14.9 Å². The number of non-ortho nitro benzene ring substituents is 1. The summed E-state index contributed by atoms with van der Waals surface area (Å²) in [6, 6.07) is 17.8. The lowest BCUT2D eigenvalue weighted by Crippen LogP contribution is -2.35. The Morgan fingerprint density at radius 3 is 2.38 bits per heavy atom. The number of hydrogen-bond donors (Lipinski definition) is 2. The van der Waals surface area contributed by atoms with E-state index in [-0.39, 0.29) is 34.4 Å². The molecule has 1 amide bonds. The number of amides is 1. The van der Waals surface area contributed by atoms with Gasteiger partial charge in [0.1, 0.15) is 22.3 Å². The van der Waals surface area contributed by atoms with Crippen LogP contribution in [0, 0.1) is 10.1 Å². The summed E-state index contributed by atoms with van der Waals surface area (Å²) in [5.74, 6) is -0.647. The Hall–Kier alpha value is -4.58. The number of fused-ring (bicyclic) bond motifs is 1. The summed E-state index contributed by atoms with van der Waals surface area (Å²) in [4.78, 5) is 23.9. The van der Waals surface area contributed by atoms with Crippen molar-refractivity contribution in [1.82, 2.24) is 9.78 Å². The number of halogens is 4. The maximum absolute atomic E-state index is 14.0. The number of anilines is 2. The second kappa shape index (κ2) is 10.3. The van der Waals surface area contributed by atoms with Gasteiger partial charge in [-0.2, -0.15) is 18.3 Å². The first kappa shape index (κ1) is 26.0. The van der Waals surface area contributed by atoms with E-state index in [0.29, 0.717) is 16.0 Å². The molecule has 0 radical (unpaired) electrons. The van der Waals surface area contributed by atoms with E-state index in [1.165, 1.54) is 12.1 Å². The maximum atomic E-state index is 14.0. The molecule has 1 aliphatic rings. The summed E-state index contributed by atoms with van der Waals surface area (Å²) in [5, 5.41) is 20.4. The van der Waals surface area contributed by atoms with Crippen LogP contribution in [-0.4, -0.2) is 26.8 Å². The van der Waals surface area contributed by atoms with Crippen LogP contribution in [-0.2, 0) is 0 Å². The number of para-hydroxylation sites is 1. The topological polar surface area (TPSA) is 111 Å². The van der Waals surface area contributed by atoms with Crippen LogP contribution >= 0.6 is 11.6 Å². The molecule has 0 unspecified atom stereocenters. The summed E-state index contributed by atoms with van der Waals surface area (Å²) >= 11 is 6.38. The van der Waals surface area contributed by atoms with E-state index >= 15 is 0 Å². The zero-order valence-electron chi connectivity index (χ0n) is 19.9. The smallest absolute Gasteiger partial charge is 0.410 e. The van der Waals surface area contributed by atoms with Gasteiger partial charge >= 0.3 is 6.18 Å². The standard InChI is InChI=1S/C26H19ClF3N5O4/c27-22-23(33-34-21(26(28,29)30)14-20(32-24(22)34)15-7-3-1-4-8-15)25(36)31-16-11-17(35(37)38)13-19(12-16)39-18-9-5-2-6-10-18/h1-13,20-21,32H,14H2,(H,31,36)/t20-,21+/m1/s1. The van der Waals surface area contributed by atoms with Gasteiger partial charge in [0, 0.05) is 18.6 Å². The van der Waals surface area contributed by atoms with E-state index in [1.807, 2.05) is 0 Å². The van der Waals surface area contributed by atoms with Crippen LogP contribution < -0.4 is 15.4 Å². The summed E-state index contributed by atoms with van der Waals surface area (Å²) in [7, 11) is 0. The molecule has 0 saturated carbocycles. The van der Waals surface area contributed by atoms with E-state index in [0.717, 1.165) is 6.07 Å². The lowest BCUT2D eigenvalue weighted by Gasteiger charge is -2.33. The fourth-order valence-corrected chi connectivity index (χ4v) is 4.54. The first-order valence-electron chi connectivity index (χ1n) is 11.6. The minimum atomic E-state index is -4.67. The van der Waals surface area contributed by atoms with E-state index in [2.05, 4.69) is 15.7 Å². The van der Waals surface area contributed by atoms with Crippen molar-refractivity contribution in [2.24, 2.45) is 0 Å². The van der Waals surface area contributed by atoms with Gasteiger partial charge in [-0.1, -0.05) is 60.1 Å². The molecular formula is C26H19ClF3N5O4. The minimum Gasteiger partial charge on any atom is -0.457 e. The Balaban J connectivity index is 1.46. The molecule has 5 rings (SSSR count). The second-order valence-electron chi connectivity index (χ2n) is 8.70. The van der Waals surface area contributed by atoms with Crippen LogP contribution in [0.15, 0.2) is 78.9 Å². The number of carbonyl (C=O) groups excluding carboxylic acids is 1. The Bertz CT molecular complexity index is 1530. The molecule has 9 nitrogen and oxygen atoms in total. The van der Waals surface area contributed by atoms with Gasteiger partial charge in [-0.25, -0.2) is 4.68 Å². The molecule has 39 heavy (non-hydrogen) atoms. The van der Waals surface area contributed by atoms with Gasteiger partial charge in [-0.15, -0.1) is 0 Å². The molecule has 200 valence electrons.